The predicted octanol–water partition coefficient (Wildman–Crippen LogP) is 1.51. The van der Waals surface area contributed by atoms with Crippen molar-refractivity contribution in [2.24, 2.45) is 0 Å². The molecule has 0 saturated heterocycles. The van der Waals surface area contributed by atoms with Crippen LogP contribution in [0.3, 0.4) is 0 Å². The summed E-state index contributed by atoms with van der Waals surface area (Å²) < 4.78 is 10.9. The van der Waals surface area contributed by atoms with Crippen molar-refractivity contribution in [2.45, 2.75) is 20.0 Å². The highest BCUT2D eigenvalue weighted by molar-refractivity contribution is 5.50. The maximum Gasteiger partial charge on any atom is 0.166 e. The average Bonchev–Trinajstić information content (AvgIpc) is 2.27. The van der Waals surface area contributed by atoms with Crippen LogP contribution in [0.4, 0.5) is 0 Å². The quantitative estimate of drug-likeness (QED) is 0.775. The summed E-state index contributed by atoms with van der Waals surface area (Å²) in [4.78, 5) is 0. The first-order valence-corrected chi connectivity index (χ1v) is 4.87. The maximum atomic E-state index is 9.18. The SMILES string of the molecule is CCc1cc(CO)c2c(c1)OCCO2. The molecular formula is C11H14O3. The highest BCUT2D eigenvalue weighted by Crippen LogP contribution is 2.35. The number of aliphatic hydroxyl groups excluding tert-OH is 1. The van der Waals surface area contributed by atoms with Gasteiger partial charge in [-0.15, -0.1) is 0 Å². The Kier molecular flexibility index (Phi) is 2.59. The van der Waals surface area contributed by atoms with Gasteiger partial charge in [-0.1, -0.05) is 6.92 Å². The predicted molar refractivity (Wildman–Crippen MR) is 52.7 cm³/mol. The number of benzene rings is 1. The van der Waals surface area contributed by atoms with Crippen molar-refractivity contribution in [3.05, 3.63) is 23.3 Å². The number of hydrogen-bond acceptors (Lipinski definition) is 3. The van der Waals surface area contributed by atoms with Crippen LogP contribution in [0.2, 0.25) is 0 Å². The summed E-state index contributed by atoms with van der Waals surface area (Å²) >= 11 is 0. The minimum Gasteiger partial charge on any atom is -0.486 e. The first-order valence-electron chi connectivity index (χ1n) is 4.87. The molecule has 1 aliphatic heterocycles. The molecular weight excluding hydrogens is 180 g/mol. The zero-order chi connectivity index (χ0) is 9.97. The van der Waals surface area contributed by atoms with Gasteiger partial charge in [-0.05, 0) is 24.1 Å². The first-order chi connectivity index (χ1) is 6.85. The van der Waals surface area contributed by atoms with Crippen molar-refractivity contribution in [3.8, 4) is 11.5 Å². The normalized spacial score (nSPS) is 14.1. The summed E-state index contributed by atoms with van der Waals surface area (Å²) in [6.45, 7) is 3.22. The molecule has 0 spiro atoms. The molecule has 0 amide bonds. The second-order valence-electron chi connectivity index (χ2n) is 3.29. The summed E-state index contributed by atoms with van der Waals surface area (Å²) in [7, 11) is 0. The van der Waals surface area contributed by atoms with E-state index in [1.165, 1.54) is 5.56 Å². The molecule has 3 heteroatoms. The molecule has 1 aliphatic rings. The Bertz CT molecular complexity index is 316. The monoisotopic (exact) mass is 194 g/mol. The fourth-order valence-corrected chi connectivity index (χ4v) is 1.61. The molecule has 0 aliphatic carbocycles. The second kappa shape index (κ2) is 3.88. The number of ether oxygens (including phenoxy) is 2. The van der Waals surface area contributed by atoms with Gasteiger partial charge >= 0.3 is 0 Å². The van der Waals surface area contributed by atoms with E-state index in [-0.39, 0.29) is 6.61 Å². The third kappa shape index (κ3) is 1.55. The van der Waals surface area contributed by atoms with Gasteiger partial charge in [0.25, 0.3) is 0 Å². The van der Waals surface area contributed by atoms with Crippen LogP contribution in [0.25, 0.3) is 0 Å². The Labute approximate surface area is 83.3 Å². The van der Waals surface area contributed by atoms with Gasteiger partial charge in [0.1, 0.15) is 13.2 Å². The lowest BCUT2D eigenvalue weighted by Gasteiger charge is -2.21. The molecule has 1 aromatic carbocycles. The van der Waals surface area contributed by atoms with Crippen molar-refractivity contribution >= 4 is 0 Å². The van der Waals surface area contributed by atoms with Crippen LogP contribution in [0.5, 0.6) is 11.5 Å². The Morgan fingerprint density at radius 1 is 1.29 bits per heavy atom. The van der Waals surface area contributed by atoms with Crippen molar-refractivity contribution in [2.75, 3.05) is 13.2 Å². The molecule has 76 valence electrons. The molecule has 1 N–H and O–H groups in total. The number of aliphatic hydroxyl groups is 1. The fraction of sp³-hybridized carbons (Fsp3) is 0.455. The highest BCUT2D eigenvalue weighted by Gasteiger charge is 2.16. The van der Waals surface area contributed by atoms with Crippen molar-refractivity contribution < 1.29 is 14.6 Å². The van der Waals surface area contributed by atoms with Crippen LogP contribution >= 0.6 is 0 Å². The van der Waals surface area contributed by atoms with Gasteiger partial charge in [-0.2, -0.15) is 0 Å². The number of rotatable bonds is 2. The van der Waals surface area contributed by atoms with E-state index in [0.717, 1.165) is 17.7 Å². The van der Waals surface area contributed by atoms with Gasteiger partial charge in [0, 0.05) is 5.56 Å². The van der Waals surface area contributed by atoms with Gasteiger partial charge in [-0.25, -0.2) is 0 Å². The van der Waals surface area contributed by atoms with Gasteiger partial charge < -0.3 is 14.6 Å². The molecule has 0 aromatic heterocycles. The molecule has 0 unspecified atom stereocenters. The number of hydrogen-bond donors (Lipinski definition) is 1. The smallest absolute Gasteiger partial charge is 0.166 e. The van der Waals surface area contributed by atoms with Crippen molar-refractivity contribution in [3.63, 3.8) is 0 Å². The molecule has 0 fully saturated rings. The second-order valence-corrected chi connectivity index (χ2v) is 3.29. The summed E-state index contributed by atoms with van der Waals surface area (Å²) in [5.41, 5.74) is 1.98. The van der Waals surface area contributed by atoms with E-state index in [4.69, 9.17) is 9.47 Å². The average molecular weight is 194 g/mol. The summed E-state index contributed by atoms with van der Waals surface area (Å²) in [5, 5.41) is 9.18. The third-order valence-corrected chi connectivity index (χ3v) is 2.36. The van der Waals surface area contributed by atoms with Crippen LogP contribution in [-0.2, 0) is 13.0 Å². The van der Waals surface area contributed by atoms with Crippen molar-refractivity contribution in [1.82, 2.24) is 0 Å². The van der Waals surface area contributed by atoms with E-state index in [0.29, 0.717) is 19.0 Å². The van der Waals surface area contributed by atoms with Gasteiger partial charge in [-0.3, -0.25) is 0 Å². The zero-order valence-electron chi connectivity index (χ0n) is 8.25. The standard InChI is InChI=1S/C11H14O3/c1-2-8-5-9(7-12)11-10(6-8)13-3-4-14-11/h5-6,12H,2-4,7H2,1H3. The van der Waals surface area contributed by atoms with Gasteiger partial charge in [0.05, 0.1) is 6.61 Å². The van der Waals surface area contributed by atoms with Gasteiger partial charge in [0.15, 0.2) is 11.5 Å². The topological polar surface area (TPSA) is 38.7 Å². The Balaban J connectivity index is 2.47. The Morgan fingerprint density at radius 3 is 2.79 bits per heavy atom. The Morgan fingerprint density at radius 2 is 2.07 bits per heavy atom. The summed E-state index contributed by atoms with van der Waals surface area (Å²) in [6.07, 6.45) is 0.934. The van der Waals surface area contributed by atoms with E-state index >= 15 is 0 Å². The Hall–Kier alpha value is -1.22. The van der Waals surface area contributed by atoms with Crippen LogP contribution in [0, 0.1) is 0 Å². The minimum atomic E-state index is -0.000463. The third-order valence-electron chi connectivity index (χ3n) is 2.36. The summed E-state index contributed by atoms with van der Waals surface area (Å²) in [6, 6.07) is 3.95. The molecule has 0 saturated carbocycles. The molecule has 1 heterocycles. The number of fused-ring (bicyclic) bond motifs is 1. The van der Waals surface area contributed by atoms with E-state index in [9.17, 15) is 5.11 Å². The molecule has 1 aromatic rings. The maximum absolute atomic E-state index is 9.18. The largest absolute Gasteiger partial charge is 0.486 e. The van der Waals surface area contributed by atoms with Crippen LogP contribution in [0.1, 0.15) is 18.1 Å². The van der Waals surface area contributed by atoms with Crippen molar-refractivity contribution in [1.29, 1.82) is 0 Å². The lowest BCUT2D eigenvalue weighted by Crippen LogP contribution is -2.17. The first kappa shape index (κ1) is 9.34. The number of aryl methyl sites for hydroxylation is 1. The van der Waals surface area contributed by atoms with Gasteiger partial charge in [0.2, 0.25) is 0 Å². The molecule has 0 atom stereocenters. The molecule has 14 heavy (non-hydrogen) atoms. The van der Waals surface area contributed by atoms with E-state index < -0.39 is 0 Å². The zero-order valence-corrected chi connectivity index (χ0v) is 8.25. The molecule has 0 bridgehead atoms. The highest BCUT2D eigenvalue weighted by atomic mass is 16.6. The lowest BCUT2D eigenvalue weighted by molar-refractivity contribution is 0.165. The molecule has 3 nitrogen and oxygen atoms in total. The van der Waals surface area contributed by atoms with E-state index in [2.05, 4.69) is 6.92 Å². The van der Waals surface area contributed by atoms with Crippen LogP contribution in [-0.4, -0.2) is 18.3 Å². The van der Waals surface area contributed by atoms with Crippen LogP contribution in [0.15, 0.2) is 12.1 Å². The van der Waals surface area contributed by atoms with E-state index in [1.807, 2.05) is 12.1 Å². The summed E-state index contributed by atoms with van der Waals surface area (Å²) in [5.74, 6) is 1.47. The molecule has 0 radical (unpaired) electrons. The minimum absolute atomic E-state index is 0.000463. The lowest BCUT2D eigenvalue weighted by atomic mass is 10.1. The molecule has 2 rings (SSSR count). The van der Waals surface area contributed by atoms with E-state index in [1.54, 1.807) is 0 Å². The van der Waals surface area contributed by atoms with Crippen LogP contribution < -0.4 is 9.47 Å². The fourth-order valence-electron chi connectivity index (χ4n) is 1.61.